The summed E-state index contributed by atoms with van der Waals surface area (Å²) in [7, 11) is 0. The number of ketones is 1. The molecule has 1 aliphatic heterocycles. The maximum absolute atomic E-state index is 12.2. The molecule has 3 rings (SSSR count). The van der Waals surface area contributed by atoms with Gasteiger partial charge in [-0.15, -0.1) is 0 Å². The zero-order valence-electron chi connectivity index (χ0n) is 10.3. The molecule has 1 aromatic carbocycles. The van der Waals surface area contributed by atoms with Crippen molar-refractivity contribution in [2.45, 2.75) is 44.6 Å². The Morgan fingerprint density at radius 2 is 1.94 bits per heavy atom. The van der Waals surface area contributed by atoms with Crippen LogP contribution in [-0.2, 0) is 0 Å². The number of carbonyl (C=O) groups is 1. The minimum Gasteiger partial charge on any atom is -0.489 e. The average Bonchev–Trinajstić information content (AvgIpc) is 2.40. The first-order valence-electron chi connectivity index (χ1n) is 6.73. The Bertz CT molecular complexity index is 464. The summed E-state index contributed by atoms with van der Waals surface area (Å²) in [5, 5.41) is 0.599. The molecule has 1 fully saturated rings. The fraction of sp³-hybridized carbons (Fsp3) is 0.533. The van der Waals surface area contributed by atoms with Gasteiger partial charge in [0, 0.05) is 11.4 Å². The van der Waals surface area contributed by atoms with E-state index in [9.17, 15) is 4.79 Å². The predicted octanol–water partition coefficient (Wildman–Crippen LogP) is 4.25. The van der Waals surface area contributed by atoms with Crippen molar-refractivity contribution in [3.05, 3.63) is 28.8 Å². The normalized spacial score (nSPS) is 24.5. The Balaban J connectivity index is 1.82. The van der Waals surface area contributed by atoms with Gasteiger partial charge in [-0.1, -0.05) is 30.9 Å². The molecule has 96 valence electrons. The van der Waals surface area contributed by atoms with Gasteiger partial charge in [0.25, 0.3) is 0 Å². The highest BCUT2D eigenvalue weighted by atomic mass is 35.5. The van der Waals surface area contributed by atoms with E-state index in [1.165, 1.54) is 32.1 Å². The van der Waals surface area contributed by atoms with Gasteiger partial charge in [-0.05, 0) is 37.0 Å². The minimum absolute atomic E-state index is 0.0754. The molecule has 0 bridgehead atoms. The van der Waals surface area contributed by atoms with E-state index >= 15 is 0 Å². The van der Waals surface area contributed by atoms with Crippen molar-refractivity contribution in [2.24, 2.45) is 5.92 Å². The van der Waals surface area contributed by atoms with Gasteiger partial charge in [-0.2, -0.15) is 0 Å². The van der Waals surface area contributed by atoms with Gasteiger partial charge in [-0.3, -0.25) is 4.79 Å². The highest BCUT2D eigenvalue weighted by Crippen LogP contribution is 2.36. The number of benzene rings is 1. The van der Waals surface area contributed by atoms with Crippen LogP contribution in [0.4, 0.5) is 0 Å². The molecule has 18 heavy (non-hydrogen) atoms. The highest BCUT2D eigenvalue weighted by Gasteiger charge is 2.32. The molecule has 0 spiro atoms. The Labute approximate surface area is 112 Å². The molecule has 1 saturated carbocycles. The van der Waals surface area contributed by atoms with Crippen molar-refractivity contribution in [3.63, 3.8) is 0 Å². The van der Waals surface area contributed by atoms with Crippen LogP contribution in [0.15, 0.2) is 18.2 Å². The second kappa shape index (κ2) is 4.93. The van der Waals surface area contributed by atoms with Crippen LogP contribution < -0.4 is 4.74 Å². The second-order valence-electron chi connectivity index (χ2n) is 5.32. The summed E-state index contributed by atoms with van der Waals surface area (Å²) in [6.45, 7) is 0. The molecule has 1 aromatic rings. The summed E-state index contributed by atoms with van der Waals surface area (Å²) in [6.07, 6.45) is 6.84. The Hall–Kier alpha value is -1.02. The molecule has 2 aliphatic rings. The van der Waals surface area contributed by atoms with Crippen LogP contribution in [0.2, 0.25) is 5.02 Å². The van der Waals surface area contributed by atoms with E-state index in [2.05, 4.69) is 0 Å². The maximum Gasteiger partial charge on any atom is 0.170 e. The summed E-state index contributed by atoms with van der Waals surface area (Å²) in [6, 6.07) is 5.33. The standard InChI is InChI=1S/C15H17ClO2/c16-11-6-7-14-12(8-11)13(17)9-15(18-14)10-4-2-1-3-5-10/h6-8,10,15H,1-5,9H2. The zero-order chi connectivity index (χ0) is 12.5. The molecular formula is C15H17ClO2. The summed E-state index contributed by atoms with van der Waals surface area (Å²) in [5.74, 6) is 1.44. The van der Waals surface area contributed by atoms with Crippen molar-refractivity contribution in [1.29, 1.82) is 0 Å². The van der Waals surface area contributed by atoms with Crippen LogP contribution in [0.25, 0.3) is 0 Å². The first-order valence-corrected chi connectivity index (χ1v) is 7.11. The highest BCUT2D eigenvalue weighted by molar-refractivity contribution is 6.31. The van der Waals surface area contributed by atoms with Crippen LogP contribution in [0.3, 0.4) is 0 Å². The number of fused-ring (bicyclic) bond motifs is 1. The lowest BCUT2D eigenvalue weighted by Gasteiger charge is -2.33. The van der Waals surface area contributed by atoms with Gasteiger partial charge < -0.3 is 4.74 Å². The van der Waals surface area contributed by atoms with E-state index in [-0.39, 0.29) is 11.9 Å². The van der Waals surface area contributed by atoms with E-state index in [0.29, 0.717) is 28.7 Å². The first kappa shape index (κ1) is 12.0. The SMILES string of the molecule is O=C1CC(C2CCCCC2)Oc2ccc(Cl)cc21. The largest absolute Gasteiger partial charge is 0.489 e. The van der Waals surface area contributed by atoms with Crippen molar-refractivity contribution < 1.29 is 9.53 Å². The number of carbonyl (C=O) groups excluding carboxylic acids is 1. The van der Waals surface area contributed by atoms with Crippen molar-refractivity contribution in [1.82, 2.24) is 0 Å². The lowest BCUT2D eigenvalue weighted by Crippen LogP contribution is -2.34. The van der Waals surface area contributed by atoms with Crippen molar-refractivity contribution in [2.75, 3.05) is 0 Å². The molecule has 0 radical (unpaired) electrons. The molecule has 0 aromatic heterocycles. The number of rotatable bonds is 1. The lowest BCUT2D eigenvalue weighted by molar-refractivity contribution is 0.0655. The zero-order valence-corrected chi connectivity index (χ0v) is 11.1. The number of Topliss-reactive ketones (excluding diaryl/α,β-unsaturated/α-hetero) is 1. The number of ether oxygens (including phenoxy) is 1. The monoisotopic (exact) mass is 264 g/mol. The van der Waals surface area contributed by atoms with Crippen LogP contribution in [0, 0.1) is 5.92 Å². The van der Waals surface area contributed by atoms with E-state index in [1.807, 2.05) is 6.07 Å². The third kappa shape index (κ3) is 2.26. The molecule has 0 saturated heterocycles. The van der Waals surface area contributed by atoms with Gasteiger partial charge in [0.15, 0.2) is 5.78 Å². The van der Waals surface area contributed by atoms with E-state index in [1.54, 1.807) is 12.1 Å². The summed E-state index contributed by atoms with van der Waals surface area (Å²) >= 11 is 5.92. The first-order chi connectivity index (χ1) is 8.74. The molecule has 3 heteroatoms. The van der Waals surface area contributed by atoms with Gasteiger partial charge >= 0.3 is 0 Å². The van der Waals surface area contributed by atoms with E-state index in [4.69, 9.17) is 16.3 Å². The quantitative estimate of drug-likeness (QED) is 0.758. The van der Waals surface area contributed by atoms with Crippen LogP contribution >= 0.6 is 11.6 Å². The number of hydrogen-bond acceptors (Lipinski definition) is 2. The average molecular weight is 265 g/mol. The topological polar surface area (TPSA) is 26.3 Å². The third-order valence-corrected chi connectivity index (χ3v) is 4.32. The van der Waals surface area contributed by atoms with Crippen LogP contribution in [0.5, 0.6) is 5.75 Å². The van der Waals surface area contributed by atoms with Crippen molar-refractivity contribution in [3.8, 4) is 5.75 Å². The summed E-state index contributed by atoms with van der Waals surface area (Å²) < 4.78 is 6.02. The smallest absolute Gasteiger partial charge is 0.170 e. The fourth-order valence-corrected chi connectivity index (χ4v) is 3.26. The van der Waals surface area contributed by atoms with Gasteiger partial charge in [0.05, 0.1) is 5.56 Å². The molecule has 0 N–H and O–H groups in total. The molecule has 1 heterocycles. The lowest BCUT2D eigenvalue weighted by atomic mass is 9.82. The molecule has 1 atom stereocenters. The van der Waals surface area contributed by atoms with E-state index in [0.717, 1.165) is 0 Å². The summed E-state index contributed by atoms with van der Waals surface area (Å²) in [5.41, 5.74) is 0.648. The van der Waals surface area contributed by atoms with Gasteiger partial charge in [-0.25, -0.2) is 0 Å². The molecular weight excluding hydrogens is 248 g/mol. The maximum atomic E-state index is 12.2. The molecule has 1 unspecified atom stereocenters. The number of halogens is 1. The van der Waals surface area contributed by atoms with Gasteiger partial charge in [0.1, 0.15) is 11.9 Å². The number of hydrogen-bond donors (Lipinski definition) is 0. The summed E-state index contributed by atoms with van der Waals surface area (Å²) in [4.78, 5) is 12.2. The van der Waals surface area contributed by atoms with E-state index < -0.39 is 0 Å². The predicted molar refractivity (Wildman–Crippen MR) is 71.4 cm³/mol. The molecule has 2 nitrogen and oxygen atoms in total. The third-order valence-electron chi connectivity index (χ3n) is 4.08. The fourth-order valence-electron chi connectivity index (χ4n) is 3.09. The Morgan fingerprint density at radius 1 is 1.17 bits per heavy atom. The van der Waals surface area contributed by atoms with Crippen LogP contribution in [-0.4, -0.2) is 11.9 Å². The molecule has 1 aliphatic carbocycles. The molecule has 0 amide bonds. The van der Waals surface area contributed by atoms with Crippen LogP contribution in [0.1, 0.15) is 48.9 Å². The van der Waals surface area contributed by atoms with Crippen molar-refractivity contribution >= 4 is 17.4 Å². The van der Waals surface area contributed by atoms with Gasteiger partial charge in [0.2, 0.25) is 0 Å². The Kier molecular flexibility index (Phi) is 3.29. The minimum atomic E-state index is 0.0754. The Morgan fingerprint density at radius 3 is 2.72 bits per heavy atom. The second-order valence-corrected chi connectivity index (χ2v) is 5.76.